The van der Waals surface area contributed by atoms with Crippen LogP contribution in [0, 0.1) is 0 Å². The highest BCUT2D eigenvalue weighted by molar-refractivity contribution is 5.89. The molecule has 4 heteroatoms. The van der Waals surface area contributed by atoms with Gasteiger partial charge in [-0.2, -0.15) is 0 Å². The first-order valence-electron chi connectivity index (χ1n) is 4.68. The Morgan fingerprint density at radius 1 is 1.47 bits per heavy atom. The third-order valence-corrected chi connectivity index (χ3v) is 1.85. The molecule has 82 valence electrons. The highest BCUT2D eigenvalue weighted by Crippen LogP contribution is 2.19. The normalized spacial score (nSPS) is 10.4. The van der Waals surface area contributed by atoms with Crippen molar-refractivity contribution in [2.75, 3.05) is 0 Å². The molecule has 0 amide bonds. The van der Waals surface area contributed by atoms with Crippen molar-refractivity contribution in [3.8, 4) is 5.75 Å². The van der Waals surface area contributed by atoms with Gasteiger partial charge < -0.3 is 14.9 Å². The van der Waals surface area contributed by atoms with Crippen LogP contribution in [0.4, 0.5) is 0 Å². The highest BCUT2D eigenvalue weighted by Gasteiger charge is 2.10. The van der Waals surface area contributed by atoms with Crippen LogP contribution in [0.15, 0.2) is 18.2 Å². The van der Waals surface area contributed by atoms with Crippen LogP contribution in [0.1, 0.15) is 29.8 Å². The van der Waals surface area contributed by atoms with Gasteiger partial charge in [-0.1, -0.05) is 0 Å². The first kappa shape index (κ1) is 11.5. The van der Waals surface area contributed by atoms with Crippen LogP contribution < -0.4 is 4.74 Å². The second-order valence-corrected chi connectivity index (χ2v) is 3.45. The average Bonchev–Trinajstić information content (AvgIpc) is 2.16. The van der Waals surface area contributed by atoms with Gasteiger partial charge in [-0.15, -0.1) is 0 Å². The van der Waals surface area contributed by atoms with Gasteiger partial charge in [-0.05, 0) is 37.6 Å². The van der Waals surface area contributed by atoms with E-state index in [2.05, 4.69) is 0 Å². The molecule has 2 N–H and O–H groups in total. The van der Waals surface area contributed by atoms with Crippen molar-refractivity contribution in [1.82, 2.24) is 0 Å². The van der Waals surface area contributed by atoms with E-state index >= 15 is 0 Å². The lowest BCUT2D eigenvalue weighted by Crippen LogP contribution is -2.08. The first-order valence-corrected chi connectivity index (χ1v) is 4.68. The molecular formula is C11H14O4. The average molecular weight is 210 g/mol. The summed E-state index contributed by atoms with van der Waals surface area (Å²) in [5, 5.41) is 17.8. The van der Waals surface area contributed by atoms with Crippen molar-refractivity contribution in [2.24, 2.45) is 0 Å². The Morgan fingerprint density at radius 2 is 2.13 bits per heavy atom. The molecule has 0 atom stereocenters. The van der Waals surface area contributed by atoms with E-state index in [1.54, 1.807) is 12.1 Å². The molecule has 0 spiro atoms. The van der Waals surface area contributed by atoms with Gasteiger partial charge in [0.1, 0.15) is 5.75 Å². The van der Waals surface area contributed by atoms with E-state index < -0.39 is 5.97 Å². The number of aromatic carboxylic acids is 1. The predicted molar refractivity (Wildman–Crippen MR) is 55.1 cm³/mol. The molecule has 0 saturated carbocycles. The fourth-order valence-electron chi connectivity index (χ4n) is 1.26. The second kappa shape index (κ2) is 4.79. The Bertz CT molecular complexity index is 358. The van der Waals surface area contributed by atoms with Crippen LogP contribution >= 0.6 is 0 Å². The molecule has 0 fully saturated rings. The second-order valence-electron chi connectivity index (χ2n) is 3.45. The minimum absolute atomic E-state index is 0.0206. The molecule has 1 aromatic carbocycles. The summed E-state index contributed by atoms with van der Waals surface area (Å²) in [5.74, 6) is -0.478. The number of carboxylic acid groups (broad SMARTS) is 1. The van der Waals surface area contributed by atoms with Gasteiger partial charge in [0.05, 0.1) is 18.3 Å². The monoisotopic (exact) mass is 210 g/mol. The van der Waals surface area contributed by atoms with Gasteiger partial charge in [-0.25, -0.2) is 4.79 Å². The Balaban J connectivity index is 3.02. The fraction of sp³-hybridized carbons (Fsp3) is 0.364. The third kappa shape index (κ3) is 2.95. The number of rotatable bonds is 4. The summed E-state index contributed by atoms with van der Waals surface area (Å²) in [4.78, 5) is 10.8. The van der Waals surface area contributed by atoms with Crippen LogP contribution in [-0.2, 0) is 6.61 Å². The molecule has 1 aromatic rings. The molecule has 0 unspecified atom stereocenters. The lowest BCUT2D eigenvalue weighted by molar-refractivity contribution is 0.0693. The van der Waals surface area contributed by atoms with Crippen LogP contribution in [0.3, 0.4) is 0 Å². The number of aliphatic hydroxyl groups excluding tert-OH is 1. The van der Waals surface area contributed by atoms with Crippen LogP contribution in [0.2, 0.25) is 0 Å². The van der Waals surface area contributed by atoms with Gasteiger partial charge in [0.15, 0.2) is 0 Å². The molecule has 15 heavy (non-hydrogen) atoms. The minimum Gasteiger partial charge on any atom is -0.491 e. The molecule has 0 aliphatic carbocycles. The summed E-state index contributed by atoms with van der Waals surface area (Å²) in [7, 11) is 0. The maximum Gasteiger partial charge on any atom is 0.336 e. The smallest absolute Gasteiger partial charge is 0.336 e. The van der Waals surface area contributed by atoms with Crippen molar-refractivity contribution in [2.45, 2.75) is 26.6 Å². The zero-order chi connectivity index (χ0) is 11.4. The van der Waals surface area contributed by atoms with E-state index in [4.69, 9.17) is 14.9 Å². The number of hydrogen-bond acceptors (Lipinski definition) is 3. The maximum absolute atomic E-state index is 10.8. The number of carboxylic acids is 1. The van der Waals surface area contributed by atoms with E-state index in [1.807, 2.05) is 13.8 Å². The quantitative estimate of drug-likeness (QED) is 0.793. The zero-order valence-electron chi connectivity index (χ0n) is 8.73. The van der Waals surface area contributed by atoms with Gasteiger partial charge in [0.25, 0.3) is 0 Å². The number of aliphatic hydroxyl groups is 1. The third-order valence-electron chi connectivity index (χ3n) is 1.85. The zero-order valence-corrected chi connectivity index (χ0v) is 8.73. The van der Waals surface area contributed by atoms with Crippen LogP contribution in [0.5, 0.6) is 5.75 Å². The van der Waals surface area contributed by atoms with Gasteiger partial charge in [0.2, 0.25) is 0 Å². The largest absolute Gasteiger partial charge is 0.491 e. The number of carbonyl (C=O) groups is 1. The topological polar surface area (TPSA) is 66.8 Å². The summed E-state index contributed by atoms with van der Waals surface area (Å²) in [6.07, 6.45) is 0.0206. The van der Waals surface area contributed by atoms with E-state index in [9.17, 15) is 4.79 Å². The summed E-state index contributed by atoms with van der Waals surface area (Å²) in [6.45, 7) is 3.45. The first-order chi connectivity index (χ1) is 7.04. The summed E-state index contributed by atoms with van der Waals surface area (Å²) in [5.41, 5.74) is 0.467. The van der Waals surface area contributed by atoms with E-state index in [-0.39, 0.29) is 18.3 Å². The molecule has 1 rings (SSSR count). The molecule has 0 aromatic heterocycles. The summed E-state index contributed by atoms with van der Waals surface area (Å²) < 4.78 is 5.39. The Labute approximate surface area is 88.1 Å². The lowest BCUT2D eigenvalue weighted by atomic mass is 10.1. The van der Waals surface area contributed by atoms with Gasteiger partial charge in [-0.3, -0.25) is 0 Å². The number of benzene rings is 1. The molecule has 0 heterocycles. The summed E-state index contributed by atoms with van der Waals surface area (Å²) >= 11 is 0. The van der Waals surface area contributed by atoms with Gasteiger partial charge >= 0.3 is 5.97 Å². The Hall–Kier alpha value is -1.55. The Kier molecular flexibility index (Phi) is 3.68. The molecule has 0 radical (unpaired) electrons. The standard InChI is InChI=1S/C11H14O4/c1-7(2)15-9-3-4-10(11(13)14)8(5-9)6-12/h3-5,7,12H,6H2,1-2H3,(H,13,14). The highest BCUT2D eigenvalue weighted by atomic mass is 16.5. The van der Waals surface area contributed by atoms with Crippen molar-refractivity contribution in [3.05, 3.63) is 29.3 Å². The van der Waals surface area contributed by atoms with E-state index in [0.29, 0.717) is 11.3 Å². The van der Waals surface area contributed by atoms with E-state index in [1.165, 1.54) is 6.07 Å². The van der Waals surface area contributed by atoms with Gasteiger partial charge in [0, 0.05) is 0 Å². The summed E-state index contributed by atoms with van der Waals surface area (Å²) in [6, 6.07) is 4.57. The molecule has 0 bridgehead atoms. The minimum atomic E-state index is -1.05. The maximum atomic E-state index is 10.8. The van der Waals surface area contributed by atoms with Crippen LogP contribution in [-0.4, -0.2) is 22.3 Å². The van der Waals surface area contributed by atoms with Crippen molar-refractivity contribution >= 4 is 5.97 Å². The van der Waals surface area contributed by atoms with Crippen molar-refractivity contribution < 1.29 is 19.7 Å². The Morgan fingerprint density at radius 3 is 2.60 bits per heavy atom. The molecule has 4 nitrogen and oxygen atoms in total. The predicted octanol–water partition coefficient (Wildman–Crippen LogP) is 1.66. The molecule has 0 aliphatic heterocycles. The lowest BCUT2D eigenvalue weighted by Gasteiger charge is -2.11. The van der Waals surface area contributed by atoms with Crippen molar-refractivity contribution in [3.63, 3.8) is 0 Å². The van der Waals surface area contributed by atoms with E-state index in [0.717, 1.165) is 0 Å². The number of hydrogen-bond donors (Lipinski definition) is 2. The van der Waals surface area contributed by atoms with Crippen LogP contribution in [0.25, 0.3) is 0 Å². The molecular weight excluding hydrogens is 196 g/mol. The number of ether oxygens (including phenoxy) is 1. The van der Waals surface area contributed by atoms with Crippen molar-refractivity contribution in [1.29, 1.82) is 0 Å². The molecule has 0 aliphatic rings. The molecule has 0 saturated heterocycles. The fourth-order valence-corrected chi connectivity index (χ4v) is 1.26. The SMILES string of the molecule is CC(C)Oc1ccc(C(=O)O)c(CO)c1.